The van der Waals surface area contributed by atoms with Crippen LogP contribution in [0.2, 0.25) is 0 Å². The zero-order valence-electron chi connectivity index (χ0n) is 17.7. The number of anilines is 1. The van der Waals surface area contributed by atoms with Crippen molar-refractivity contribution in [3.8, 4) is 5.75 Å². The Morgan fingerprint density at radius 1 is 1.32 bits per heavy atom. The van der Waals surface area contributed by atoms with Crippen molar-refractivity contribution in [1.82, 2.24) is 0 Å². The molecule has 1 amide bonds. The van der Waals surface area contributed by atoms with E-state index in [0.29, 0.717) is 48.3 Å². The first-order chi connectivity index (χ1) is 13.3. The molecule has 156 valence electrons. The van der Waals surface area contributed by atoms with E-state index in [2.05, 4.69) is 12.2 Å². The maximum absolute atomic E-state index is 13.0. The molecule has 0 heterocycles. The molecule has 1 aliphatic rings. The van der Waals surface area contributed by atoms with Crippen LogP contribution in [0, 0.1) is 11.8 Å². The normalized spacial score (nSPS) is 22.0. The average Bonchev–Trinajstić information content (AvgIpc) is 2.66. The van der Waals surface area contributed by atoms with Crippen molar-refractivity contribution in [3.63, 3.8) is 0 Å². The number of hydrogen-bond donors (Lipinski definition) is 1. The van der Waals surface area contributed by atoms with Crippen LogP contribution in [0.15, 0.2) is 18.2 Å². The van der Waals surface area contributed by atoms with E-state index < -0.39 is 11.6 Å². The van der Waals surface area contributed by atoms with E-state index in [1.165, 1.54) is 0 Å². The van der Waals surface area contributed by atoms with Gasteiger partial charge in [0.1, 0.15) is 16.9 Å². The predicted octanol–water partition coefficient (Wildman–Crippen LogP) is 4.43. The molecule has 1 aromatic carbocycles. The summed E-state index contributed by atoms with van der Waals surface area (Å²) in [4.78, 5) is 25.4. The lowest BCUT2D eigenvalue weighted by atomic mass is 9.78. The fourth-order valence-electron chi connectivity index (χ4n) is 3.59. The summed E-state index contributed by atoms with van der Waals surface area (Å²) in [6.07, 6.45) is 3.45. The summed E-state index contributed by atoms with van der Waals surface area (Å²) in [5, 5.41) is 2.93. The van der Waals surface area contributed by atoms with E-state index in [0.717, 1.165) is 12.8 Å². The Kier molecular flexibility index (Phi) is 7.87. The molecular weight excluding hydrogens is 358 g/mol. The molecule has 2 rings (SSSR count). The van der Waals surface area contributed by atoms with Gasteiger partial charge in [0.2, 0.25) is 0 Å². The van der Waals surface area contributed by atoms with Crippen LogP contribution in [0.25, 0.3) is 0 Å². The van der Waals surface area contributed by atoms with Gasteiger partial charge in [-0.2, -0.15) is 0 Å². The smallest absolute Gasteiger partial charge is 0.341 e. The maximum atomic E-state index is 13.0. The van der Waals surface area contributed by atoms with E-state index in [1.807, 2.05) is 13.8 Å². The van der Waals surface area contributed by atoms with E-state index in [4.69, 9.17) is 14.2 Å². The minimum atomic E-state index is -0.825. The molecule has 0 aromatic heterocycles. The molecule has 2 atom stereocenters. The standard InChI is InChI=1S/C22H33NO5/c1-6-27-20(24)18-12-17(9-10-19(18)28-14-15(2)3)23-21(25)22(26-5)11-7-8-16(4)13-22/h9-10,12,15-16H,6-8,11,13-14H2,1-5H3,(H,23,25)/t16-,22+/m0/s1. The summed E-state index contributed by atoms with van der Waals surface area (Å²) in [5.41, 5.74) is 0.0116. The topological polar surface area (TPSA) is 73.9 Å². The minimum absolute atomic E-state index is 0.174. The van der Waals surface area contributed by atoms with Crippen LogP contribution >= 0.6 is 0 Å². The van der Waals surface area contributed by atoms with Crippen molar-refractivity contribution in [3.05, 3.63) is 23.8 Å². The number of benzene rings is 1. The number of carbonyl (C=O) groups excluding carboxylic acids is 2. The van der Waals surface area contributed by atoms with Crippen LogP contribution in [0.5, 0.6) is 5.75 Å². The Balaban J connectivity index is 2.23. The Morgan fingerprint density at radius 2 is 2.07 bits per heavy atom. The maximum Gasteiger partial charge on any atom is 0.341 e. The lowest BCUT2D eigenvalue weighted by molar-refractivity contribution is -0.143. The molecule has 1 fully saturated rings. The van der Waals surface area contributed by atoms with E-state index in [1.54, 1.807) is 32.2 Å². The van der Waals surface area contributed by atoms with Gasteiger partial charge in [-0.3, -0.25) is 4.79 Å². The van der Waals surface area contributed by atoms with Gasteiger partial charge in [0, 0.05) is 12.8 Å². The highest BCUT2D eigenvalue weighted by molar-refractivity contribution is 5.99. The van der Waals surface area contributed by atoms with E-state index >= 15 is 0 Å². The summed E-state index contributed by atoms with van der Waals surface area (Å²) in [7, 11) is 1.59. The van der Waals surface area contributed by atoms with Crippen LogP contribution in [0.4, 0.5) is 5.69 Å². The molecule has 0 radical (unpaired) electrons. The zero-order valence-corrected chi connectivity index (χ0v) is 17.7. The number of amides is 1. The summed E-state index contributed by atoms with van der Waals surface area (Å²) < 4.78 is 16.6. The number of ether oxygens (including phenoxy) is 3. The number of nitrogens with one attached hydrogen (secondary N) is 1. The first-order valence-electron chi connectivity index (χ1n) is 10.1. The fraction of sp³-hybridized carbons (Fsp3) is 0.636. The van der Waals surface area contributed by atoms with Crippen molar-refractivity contribution in [2.45, 2.75) is 59.0 Å². The third-order valence-corrected chi connectivity index (χ3v) is 5.07. The highest BCUT2D eigenvalue weighted by Crippen LogP contribution is 2.36. The van der Waals surface area contributed by atoms with Crippen molar-refractivity contribution in [2.75, 3.05) is 25.6 Å². The number of rotatable bonds is 8. The lowest BCUT2D eigenvalue weighted by Gasteiger charge is -2.37. The van der Waals surface area contributed by atoms with Crippen LogP contribution < -0.4 is 10.1 Å². The van der Waals surface area contributed by atoms with Gasteiger partial charge in [-0.05, 0) is 56.2 Å². The summed E-state index contributed by atoms with van der Waals surface area (Å²) >= 11 is 0. The Bertz CT molecular complexity index is 688. The first kappa shape index (κ1) is 22.2. The van der Waals surface area contributed by atoms with Crippen molar-refractivity contribution >= 4 is 17.6 Å². The first-order valence-corrected chi connectivity index (χ1v) is 10.1. The van der Waals surface area contributed by atoms with Crippen molar-refractivity contribution in [2.24, 2.45) is 11.8 Å². The summed E-state index contributed by atoms with van der Waals surface area (Å²) in [5.74, 6) is 0.570. The molecular formula is C22H33NO5. The third kappa shape index (κ3) is 5.47. The SMILES string of the molecule is CCOC(=O)c1cc(NC(=O)[C@@]2(OC)CCC[C@H](C)C2)ccc1OCC(C)C. The molecule has 28 heavy (non-hydrogen) atoms. The summed E-state index contributed by atoms with van der Waals surface area (Å²) in [6, 6.07) is 5.06. The van der Waals surface area contributed by atoms with Crippen LogP contribution in [0.3, 0.4) is 0 Å². The van der Waals surface area contributed by atoms with Gasteiger partial charge in [-0.15, -0.1) is 0 Å². The molecule has 0 bridgehead atoms. The molecule has 0 spiro atoms. The Hall–Kier alpha value is -2.08. The third-order valence-electron chi connectivity index (χ3n) is 5.07. The average molecular weight is 392 g/mol. The highest BCUT2D eigenvalue weighted by atomic mass is 16.5. The van der Waals surface area contributed by atoms with Gasteiger partial charge in [0.15, 0.2) is 0 Å². The number of methoxy groups -OCH3 is 1. The van der Waals surface area contributed by atoms with Crippen LogP contribution in [-0.2, 0) is 14.3 Å². The highest BCUT2D eigenvalue weighted by Gasteiger charge is 2.42. The minimum Gasteiger partial charge on any atom is -0.492 e. The molecule has 1 saturated carbocycles. The van der Waals surface area contributed by atoms with Crippen molar-refractivity contribution < 1.29 is 23.8 Å². The molecule has 1 aliphatic carbocycles. The molecule has 6 heteroatoms. The molecule has 1 aromatic rings. The number of hydrogen-bond acceptors (Lipinski definition) is 5. The van der Waals surface area contributed by atoms with Gasteiger partial charge in [-0.25, -0.2) is 4.79 Å². The van der Waals surface area contributed by atoms with Gasteiger partial charge in [-0.1, -0.05) is 27.2 Å². The van der Waals surface area contributed by atoms with Gasteiger partial charge in [0.25, 0.3) is 5.91 Å². The second-order valence-corrected chi connectivity index (χ2v) is 7.99. The molecule has 0 saturated heterocycles. The number of carbonyl (C=O) groups is 2. The zero-order chi connectivity index (χ0) is 20.7. The lowest BCUT2D eigenvalue weighted by Crippen LogP contribution is -2.47. The van der Waals surface area contributed by atoms with Gasteiger partial charge < -0.3 is 19.5 Å². The van der Waals surface area contributed by atoms with E-state index in [-0.39, 0.29) is 12.5 Å². The summed E-state index contributed by atoms with van der Waals surface area (Å²) in [6.45, 7) is 8.72. The monoisotopic (exact) mass is 391 g/mol. The second-order valence-electron chi connectivity index (χ2n) is 7.99. The van der Waals surface area contributed by atoms with Gasteiger partial charge >= 0.3 is 5.97 Å². The quantitative estimate of drug-likeness (QED) is 0.664. The fourth-order valence-corrected chi connectivity index (χ4v) is 3.59. The van der Waals surface area contributed by atoms with Gasteiger partial charge in [0.05, 0.1) is 13.2 Å². The van der Waals surface area contributed by atoms with Crippen LogP contribution in [-0.4, -0.2) is 37.8 Å². The largest absolute Gasteiger partial charge is 0.492 e. The Labute approximate surface area is 167 Å². The molecule has 6 nitrogen and oxygen atoms in total. The molecule has 0 aliphatic heterocycles. The Morgan fingerprint density at radius 3 is 2.68 bits per heavy atom. The van der Waals surface area contributed by atoms with Crippen LogP contribution in [0.1, 0.15) is 63.7 Å². The predicted molar refractivity (Wildman–Crippen MR) is 109 cm³/mol. The molecule has 1 N–H and O–H groups in total. The second kappa shape index (κ2) is 9.92. The molecule has 0 unspecified atom stereocenters. The van der Waals surface area contributed by atoms with E-state index in [9.17, 15) is 9.59 Å². The number of esters is 1. The van der Waals surface area contributed by atoms with Crippen molar-refractivity contribution in [1.29, 1.82) is 0 Å².